The molecule has 1 aliphatic rings. The van der Waals surface area contributed by atoms with Crippen LogP contribution in [-0.4, -0.2) is 17.0 Å². The number of nitrogens with zero attached hydrogens (tertiary/aromatic N) is 1. The molecule has 20 heavy (non-hydrogen) atoms. The number of thiophene rings is 1. The van der Waals surface area contributed by atoms with Crippen molar-refractivity contribution in [2.24, 2.45) is 5.92 Å². The molecule has 1 aromatic rings. The molecule has 0 saturated heterocycles. The molecule has 0 saturated carbocycles. The van der Waals surface area contributed by atoms with E-state index in [4.69, 9.17) is 5.11 Å². The first kappa shape index (κ1) is 14.5. The van der Waals surface area contributed by atoms with Gasteiger partial charge < -0.3 is 10.4 Å². The van der Waals surface area contributed by atoms with E-state index in [1.54, 1.807) is 0 Å². The number of amides is 1. The Morgan fingerprint density at radius 2 is 2.25 bits per heavy atom. The number of hydrogen-bond donors (Lipinski definition) is 2. The van der Waals surface area contributed by atoms with Gasteiger partial charge in [-0.05, 0) is 30.7 Å². The molecule has 2 N–H and O–H groups in total. The summed E-state index contributed by atoms with van der Waals surface area (Å²) < 4.78 is 0. The van der Waals surface area contributed by atoms with Gasteiger partial charge >= 0.3 is 5.97 Å². The van der Waals surface area contributed by atoms with Gasteiger partial charge in [-0.2, -0.15) is 5.26 Å². The molecular weight excluding hydrogens is 276 g/mol. The molecule has 0 aliphatic heterocycles. The Balaban J connectivity index is 2.14. The predicted octanol–water partition coefficient (Wildman–Crippen LogP) is 2.55. The lowest BCUT2D eigenvalue weighted by atomic mass is 9.88. The van der Waals surface area contributed by atoms with Gasteiger partial charge in [0.25, 0.3) is 0 Å². The molecule has 0 bridgehead atoms. The molecule has 0 radical (unpaired) electrons. The molecule has 106 valence electrons. The second-order valence-electron chi connectivity index (χ2n) is 5.11. The van der Waals surface area contributed by atoms with E-state index in [1.165, 1.54) is 16.2 Å². The fraction of sp³-hybridized carbons (Fsp3) is 0.500. The van der Waals surface area contributed by atoms with Crippen molar-refractivity contribution in [2.75, 3.05) is 5.32 Å². The fourth-order valence-corrected chi connectivity index (χ4v) is 3.74. The summed E-state index contributed by atoms with van der Waals surface area (Å²) in [6.07, 6.45) is 2.61. The average Bonchev–Trinajstić information content (AvgIpc) is 2.72. The maximum absolute atomic E-state index is 11.7. The van der Waals surface area contributed by atoms with Crippen molar-refractivity contribution in [3.8, 4) is 6.07 Å². The number of nitriles is 1. The van der Waals surface area contributed by atoms with E-state index >= 15 is 0 Å². The fourth-order valence-electron chi connectivity index (χ4n) is 2.37. The van der Waals surface area contributed by atoms with E-state index < -0.39 is 5.97 Å². The molecule has 0 fully saturated rings. The molecule has 1 atom stereocenters. The van der Waals surface area contributed by atoms with Crippen molar-refractivity contribution in [3.63, 3.8) is 0 Å². The van der Waals surface area contributed by atoms with E-state index in [0.717, 1.165) is 24.8 Å². The van der Waals surface area contributed by atoms with Crippen LogP contribution in [0.5, 0.6) is 0 Å². The normalized spacial score (nSPS) is 17.1. The van der Waals surface area contributed by atoms with Crippen LogP contribution in [0.2, 0.25) is 0 Å². The number of anilines is 1. The summed E-state index contributed by atoms with van der Waals surface area (Å²) in [6.45, 7) is 2.18. The average molecular weight is 292 g/mol. The second kappa shape index (κ2) is 6.06. The summed E-state index contributed by atoms with van der Waals surface area (Å²) in [5.41, 5.74) is 1.62. The third-order valence-corrected chi connectivity index (χ3v) is 4.61. The van der Waals surface area contributed by atoms with Crippen molar-refractivity contribution in [2.45, 2.75) is 39.0 Å². The second-order valence-corrected chi connectivity index (χ2v) is 6.21. The van der Waals surface area contributed by atoms with E-state index in [2.05, 4.69) is 18.3 Å². The van der Waals surface area contributed by atoms with Crippen LogP contribution in [0.25, 0.3) is 0 Å². The molecule has 5 nitrogen and oxygen atoms in total. The molecule has 0 aromatic carbocycles. The maximum Gasteiger partial charge on any atom is 0.303 e. The van der Waals surface area contributed by atoms with Crippen LogP contribution in [0, 0.1) is 17.2 Å². The Kier molecular flexibility index (Phi) is 4.40. The first-order valence-electron chi connectivity index (χ1n) is 6.57. The number of hydrogen-bond acceptors (Lipinski definition) is 4. The Morgan fingerprint density at radius 1 is 1.50 bits per heavy atom. The minimum Gasteiger partial charge on any atom is -0.481 e. The Bertz CT molecular complexity index is 586. The summed E-state index contributed by atoms with van der Waals surface area (Å²) in [5, 5.41) is 21.1. The largest absolute Gasteiger partial charge is 0.481 e. The minimum absolute atomic E-state index is 0.0703. The van der Waals surface area contributed by atoms with Crippen LogP contribution < -0.4 is 5.32 Å². The first-order chi connectivity index (χ1) is 9.51. The molecular formula is C14H16N2O3S. The highest BCUT2D eigenvalue weighted by Crippen LogP contribution is 2.39. The summed E-state index contributed by atoms with van der Waals surface area (Å²) in [4.78, 5) is 23.3. The number of carbonyl (C=O) groups excluding carboxylic acids is 1. The van der Waals surface area contributed by atoms with Crippen molar-refractivity contribution < 1.29 is 14.7 Å². The van der Waals surface area contributed by atoms with Crippen molar-refractivity contribution in [3.05, 3.63) is 16.0 Å². The van der Waals surface area contributed by atoms with Gasteiger partial charge in [0.15, 0.2) is 0 Å². The predicted molar refractivity (Wildman–Crippen MR) is 75.7 cm³/mol. The molecule has 0 unspecified atom stereocenters. The van der Waals surface area contributed by atoms with Gasteiger partial charge in [0.05, 0.1) is 12.0 Å². The lowest BCUT2D eigenvalue weighted by Crippen LogP contribution is -2.13. The zero-order valence-corrected chi connectivity index (χ0v) is 12.0. The lowest BCUT2D eigenvalue weighted by molar-refractivity contribution is -0.138. The molecule has 1 aromatic heterocycles. The molecule has 1 aliphatic carbocycles. The van der Waals surface area contributed by atoms with Crippen molar-refractivity contribution >= 4 is 28.2 Å². The Morgan fingerprint density at radius 3 is 2.90 bits per heavy atom. The van der Waals surface area contributed by atoms with Gasteiger partial charge in [-0.15, -0.1) is 11.3 Å². The monoisotopic (exact) mass is 292 g/mol. The number of carboxylic acid groups (broad SMARTS) is 1. The van der Waals surface area contributed by atoms with Gasteiger partial charge in [0.2, 0.25) is 5.91 Å². The van der Waals surface area contributed by atoms with E-state index in [9.17, 15) is 14.9 Å². The summed E-state index contributed by atoms with van der Waals surface area (Å²) in [7, 11) is 0. The maximum atomic E-state index is 11.7. The van der Waals surface area contributed by atoms with Crippen LogP contribution in [0.4, 0.5) is 5.00 Å². The summed E-state index contributed by atoms with van der Waals surface area (Å²) in [5.74, 6) is -0.751. The SMILES string of the molecule is C[C@H]1CCc2c(sc(NC(=O)CCC(=O)O)c2C#N)C1. The van der Waals surface area contributed by atoms with Crippen molar-refractivity contribution in [1.29, 1.82) is 5.26 Å². The van der Waals surface area contributed by atoms with Gasteiger partial charge in [-0.25, -0.2) is 0 Å². The Hall–Kier alpha value is -1.87. The van der Waals surface area contributed by atoms with Gasteiger partial charge in [-0.1, -0.05) is 6.92 Å². The molecule has 6 heteroatoms. The smallest absolute Gasteiger partial charge is 0.303 e. The molecule has 1 amide bonds. The zero-order chi connectivity index (χ0) is 14.7. The van der Waals surface area contributed by atoms with Gasteiger partial charge in [-0.3, -0.25) is 9.59 Å². The molecule has 0 spiro atoms. The number of fused-ring (bicyclic) bond motifs is 1. The highest BCUT2D eigenvalue weighted by atomic mass is 32.1. The third-order valence-electron chi connectivity index (χ3n) is 3.44. The number of aliphatic carboxylic acids is 1. The first-order valence-corrected chi connectivity index (χ1v) is 7.39. The number of carboxylic acids is 1. The number of rotatable bonds is 4. The molecule has 2 rings (SSSR count). The number of carbonyl (C=O) groups is 2. The lowest BCUT2D eigenvalue weighted by Gasteiger charge is -2.17. The quantitative estimate of drug-likeness (QED) is 0.892. The van der Waals surface area contributed by atoms with Gasteiger partial charge in [0.1, 0.15) is 11.1 Å². The summed E-state index contributed by atoms with van der Waals surface area (Å²) >= 11 is 1.45. The van der Waals surface area contributed by atoms with Crippen molar-refractivity contribution in [1.82, 2.24) is 0 Å². The van der Waals surface area contributed by atoms with Crippen LogP contribution in [0.1, 0.15) is 42.2 Å². The van der Waals surface area contributed by atoms with E-state index in [1.807, 2.05) is 0 Å². The standard InChI is InChI=1S/C14H16N2O3S/c1-8-2-3-9-10(7-15)14(20-11(9)6-8)16-12(17)4-5-13(18)19/h8H,2-6H2,1H3,(H,16,17)(H,18,19)/t8-/m0/s1. The topological polar surface area (TPSA) is 90.2 Å². The van der Waals surface area contributed by atoms with Crippen LogP contribution >= 0.6 is 11.3 Å². The third kappa shape index (κ3) is 3.17. The minimum atomic E-state index is -1.00. The van der Waals surface area contributed by atoms with Gasteiger partial charge in [0, 0.05) is 11.3 Å². The zero-order valence-electron chi connectivity index (χ0n) is 11.2. The van der Waals surface area contributed by atoms with E-state index in [-0.39, 0.29) is 18.7 Å². The van der Waals surface area contributed by atoms with E-state index in [0.29, 0.717) is 16.5 Å². The van der Waals surface area contributed by atoms with Crippen LogP contribution in [0.15, 0.2) is 0 Å². The molecule has 1 heterocycles. The highest BCUT2D eigenvalue weighted by molar-refractivity contribution is 7.16. The highest BCUT2D eigenvalue weighted by Gasteiger charge is 2.24. The number of nitrogens with one attached hydrogen (secondary N) is 1. The van der Waals surface area contributed by atoms with Crippen LogP contribution in [0.3, 0.4) is 0 Å². The van der Waals surface area contributed by atoms with Crippen LogP contribution in [-0.2, 0) is 22.4 Å². The summed E-state index contributed by atoms with van der Waals surface area (Å²) in [6, 6.07) is 2.17. The Labute approximate surface area is 121 Å².